The highest BCUT2D eigenvalue weighted by Crippen LogP contribution is 2.47. The second kappa shape index (κ2) is 56.2. The molecule has 0 saturated heterocycles. The van der Waals surface area contributed by atoms with Crippen LogP contribution in [-0.2, 0) is 63.0 Å². The molecule has 29 nitrogen and oxygen atoms in total. The summed E-state index contributed by atoms with van der Waals surface area (Å²) in [7, 11) is 13.4. The standard InChI is InChI=1S/C27H27NO5.C15H16BO5.2C15H15BrO3.C13H12F3NO5S.C9H9BrO3.C8H9BrO3/c1-17-23-10-22(15-30)21(14-29)9-19(23)11-24(28-17)20-12-25(31-2)27(32-3)26(13-20)33-16-18-7-5-4-6-8-18;1-18-13-8-12(21-16-17)9-14(15(13)19-2)20-10-11-6-4-3-5-7-11;2*1-17-13-8-12(16)9-14(15(13)18-2)19-10-11-6-4-3-5-7-11;1-7-11-3-10(6-19)9(5-18)2-8(11)4-12(17-7)22-23(20,21)13(14,15)16;1-12-8-4-7(10)3-6(5-11)9(8)13-2;1-11-7-4-5(9)3-6(10)8(7)12-2/h4-13,29-30H,14-16H2,1-3H3;3-9,17H,10H2,1-2H3;2*3-9H,10H2,1-2H3;2-4,18-19H,5-6H2,1H3;3-5H,1-2H3;3-4,10H,1-2H3. The van der Waals surface area contributed by atoms with Crippen molar-refractivity contribution in [2.75, 3.05) is 85.3 Å². The Kier molecular flexibility index (Phi) is 45.0. The van der Waals surface area contributed by atoms with Gasteiger partial charge in [0.15, 0.2) is 75.3 Å². The molecule has 14 rings (SSSR count). The summed E-state index contributed by atoms with van der Waals surface area (Å²) in [6.45, 7) is 4.10. The van der Waals surface area contributed by atoms with Gasteiger partial charge in [-0.3, -0.25) is 9.78 Å². The summed E-state index contributed by atoms with van der Waals surface area (Å²) < 4.78 is 158. The number of alkyl halides is 3. The second-order valence-electron chi connectivity index (χ2n) is 28.9. The van der Waals surface area contributed by atoms with Gasteiger partial charge in [-0.2, -0.15) is 21.6 Å². The third-order valence-electron chi connectivity index (χ3n) is 20.0. The molecule has 0 bridgehead atoms. The molecule has 2 heterocycles. The van der Waals surface area contributed by atoms with E-state index < -0.39 is 28.1 Å². The quantitative estimate of drug-likeness (QED) is 0.00944. The van der Waals surface area contributed by atoms with Crippen LogP contribution in [0.5, 0.6) is 109 Å². The highest BCUT2D eigenvalue weighted by molar-refractivity contribution is 9.11. The molecule has 0 amide bonds. The Balaban J connectivity index is 0.000000205. The van der Waals surface area contributed by atoms with Crippen LogP contribution in [0, 0.1) is 13.8 Å². The number of benzene rings is 12. The zero-order valence-electron chi connectivity index (χ0n) is 78.5. The highest BCUT2D eigenvalue weighted by Gasteiger charge is 2.49. The Morgan fingerprint density at radius 1 is 0.364 bits per heavy atom. The topological polar surface area (TPSA) is 365 Å². The van der Waals surface area contributed by atoms with E-state index in [9.17, 15) is 51.9 Å². The van der Waals surface area contributed by atoms with Crippen LogP contribution < -0.4 is 84.6 Å². The van der Waals surface area contributed by atoms with E-state index >= 15 is 0 Å². The van der Waals surface area contributed by atoms with Crippen LogP contribution in [0.3, 0.4) is 0 Å². The SMILES string of the molecule is COc1cc(-c2cc3cc(CO)c(CO)cc3c(C)n2)cc(OCc2ccccc2)c1OC.COc1cc(Br)cc(C=O)c1OC.COc1cc(Br)cc(O)c1OC.COc1cc(Br)cc(OCc2ccccc2)c1OC.COc1cc(Br)cc(OCc2ccccc2)c1OC.COc1cc(O[B]O)cc(OCc2ccccc2)c1OC.Cc1nc(OS(=O)(=O)C(F)(F)F)cc2cc(CO)c(CO)cc12. The van der Waals surface area contributed by atoms with Crippen LogP contribution in [0.25, 0.3) is 32.8 Å². The maximum absolute atomic E-state index is 12.3. The highest BCUT2D eigenvalue weighted by atomic mass is 79.9. The lowest BCUT2D eigenvalue weighted by atomic mass is 9.99. The van der Waals surface area contributed by atoms with Gasteiger partial charge in [-0.05, 0) is 160 Å². The van der Waals surface area contributed by atoms with E-state index in [2.05, 4.69) is 72.9 Å². The zero-order valence-corrected chi connectivity index (χ0v) is 85.6. The molecule has 0 aliphatic heterocycles. The number of aliphatic hydroxyl groups excluding tert-OH is 4. The number of ether oxygens (including phenoxy) is 16. The molecule has 6 N–H and O–H groups in total. The molecule has 2 aromatic heterocycles. The van der Waals surface area contributed by atoms with E-state index in [1.165, 1.54) is 61.7 Å². The molecular formula is C102H103BBr4F3N2O27S. The molecule has 0 fully saturated rings. The molecule has 0 atom stereocenters. The minimum atomic E-state index is -5.82. The normalized spacial score (nSPS) is 10.6. The van der Waals surface area contributed by atoms with Crippen molar-refractivity contribution in [1.82, 2.24) is 9.97 Å². The number of hydrogen-bond donors (Lipinski definition) is 6. The largest absolute Gasteiger partial charge is 0.569 e. The van der Waals surface area contributed by atoms with Crippen LogP contribution in [0.1, 0.15) is 66.3 Å². The fraction of sp³-hybridized carbons (Fsp3) is 0.225. The number of methoxy groups -OCH3 is 12. The molecule has 140 heavy (non-hydrogen) atoms. The average Bonchev–Trinajstić information content (AvgIpc) is 0.777. The minimum absolute atomic E-state index is 0.0590. The Morgan fingerprint density at radius 2 is 0.664 bits per heavy atom. The van der Waals surface area contributed by atoms with Crippen molar-refractivity contribution >= 4 is 109 Å². The lowest BCUT2D eigenvalue weighted by Crippen LogP contribution is -2.28. The van der Waals surface area contributed by atoms with Crippen molar-refractivity contribution < 1.29 is 142 Å². The first-order valence-corrected chi connectivity index (χ1v) is 46.3. The van der Waals surface area contributed by atoms with Crippen LogP contribution in [0.15, 0.2) is 248 Å². The molecule has 14 aromatic rings. The number of aliphatic hydroxyl groups is 4. The van der Waals surface area contributed by atoms with Crippen molar-refractivity contribution in [3.8, 4) is 121 Å². The van der Waals surface area contributed by atoms with Crippen molar-refractivity contribution in [3.63, 3.8) is 0 Å². The number of phenols is 1. The molecule has 0 spiro atoms. The van der Waals surface area contributed by atoms with Crippen LogP contribution in [-0.4, -0.2) is 154 Å². The molecule has 12 aromatic carbocycles. The van der Waals surface area contributed by atoms with Crippen molar-refractivity contribution in [2.24, 2.45) is 0 Å². The number of halogens is 7. The van der Waals surface area contributed by atoms with Crippen molar-refractivity contribution in [1.29, 1.82) is 0 Å². The number of phenolic OH excluding ortho intramolecular Hbond substituents is 1. The molecule has 38 heteroatoms. The first-order valence-electron chi connectivity index (χ1n) is 41.8. The number of aryl methyl sites for hydroxylation is 2. The molecule has 0 aliphatic carbocycles. The van der Waals surface area contributed by atoms with Gasteiger partial charge in [-0.25, -0.2) is 4.98 Å². The Morgan fingerprint density at radius 3 is 1.02 bits per heavy atom. The predicted octanol–water partition coefficient (Wildman–Crippen LogP) is 21.3. The van der Waals surface area contributed by atoms with Gasteiger partial charge in [0.05, 0.1) is 123 Å². The summed E-state index contributed by atoms with van der Waals surface area (Å²) in [4.78, 5) is 19.1. The Hall–Kier alpha value is -13.1. The van der Waals surface area contributed by atoms with Crippen molar-refractivity contribution in [2.45, 2.75) is 72.2 Å². The molecule has 0 unspecified atom stereocenters. The predicted molar refractivity (Wildman–Crippen MR) is 538 cm³/mol. The van der Waals surface area contributed by atoms with Crippen LogP contribution in [0.2, 0.25) is 0 Å². The number of pyridine rings is 2. The first kappa shape index (κ1) is 112. The van der Waals surface area contributed by atoms with Gasteiger partial charge in [-0.1, -0.05) is 185 Å². The summed E-state index contributed by atoms with van der Waals surface area (Å²) in [5.74, 6) is 8.37. The maximum Gasteiger partial charge on any atom is 0.569 e. The smallest absolute Gasteiger partial charge is 0.537 e. The lowest BCUT2D eigenvalue weighted by Gasteiger charge is -2.17. The monoisotopic (exact) mass is 2200 g/mol. The van der Waals surface area contributed by atoms with Gasteiger partial charge in [0.25, 0.3) is 0 Å². The van der Waals surface area contributed by atoms with E-state index in [0.29, 0.717) is 170 Å². The molecule has 741 valence electrons. The number of fused-ring (bicyclic) bond motifs is 2. The molecule has 0 aliphatic rings. The van der Waals surface area contributed by atoms with E-state index in [0.717, 1.165) is 80.2 Å². The zero-order chi connectivity index (χ0) is 102. The third kappa shape index (κ3) is 31.7. The summed E-state index contributed by atoms with van der Waals surface area (Å²) in [6, 6.07) is 70.4. The fourth-order valence-electron chi connectivity index (χ4n) is 13.3. The lowest BCUT2D eigenvalue weighted by molar-refractivity contribution is -0.0501. The maximum atomic E-state index is 12.3. The van der Waals surface area contributed by atoms with Gasteiger partial charge in [-0.15, -0.1) is 0 Å². The molecule has 1 radical (unpaired) electrons. The third-order valence-corrected chi connectivity index (χ3v) is 22.7. The Labute approximate surface area is 842 Å². The fourth-order valence-corrected chi connectivity index (χ4v) is 15.4. The summed E-state index contributed by atoms with van der Waals surface area (Å²) in [5, 5.41) is 58.6. The summed E-state index contributed by atoms with van der Waals surface area (Å²) >= 11 is 13.3. The van der Waals surface area contributed by atoms with E-state index in [1.54, 1.807) is 79.1 Å². The second-order valence-corrected chi connectivity index (χ2v) is 34.1. The number of aldehydes is 1. The van der Waals surface area contributed by atoms with E-state index in [4.69, 9.17) is 90.5 Å². The van der Waals surface area contributed by atoms with Gasteiger partial charge >= 0.3 is 23.3 Å². The van der Waals surface area contributed by atoms with E-state index in [-0.39, 0.29) is 31.3 Å². The number of aromatic nitrogens is 2. The van der Waals surface area contributed by atoms with Crippen LogP contribution in [0.4, 0.5) is 13.2 Å². The molecule has 0 saturated carbocycles. The molecular weight excluding hydrogens is 2100 g/mol. The number of carbonyl (C=O) groups excluding carboxylic acids is 1. The van der Waals surface area contributed by atoms with Gasteiger partial charge < -0.3 is 115 Å². The van der Waals surface area contributed by atoms with Crippen LogP contribution >= 0.6 is 63.7 Å². The number of aromatic hydroxyl groups is 1. The number of nitrogens with zero attached hydrogens (tertiary/aromatic N) is 2. The van der Waals surface area contributed by atoms with Gasteiger partial charge in [0, 0.05) is 63.8 Å². The van der Waals surface area contributed by atoms with Crippen molar-refractivity contribution in [3.05, 3.63) is 310 Å². The Bertz CT molecular complexity index is 6400. The van der Waals surface area contributed by atoms with E-state index in [1.807, 2.05) is 183 Å². The van der Waals surface area contributed by atoms with Gasteiger partial charge in [0.1, 0.15) is 32.2 Å². The van der Waals surface area contributed by atoms with Gasteiger partial charge in [0.2, 0.25) is 34.6 Å². The first-order chi connectivity index (χ1) is 67.3. The average molecular weight is 2210 g/mol. The number of rotatable bonds is 34. The summed E-state index contributed by atoms with van der Waals surface area (Å²) in [6.07, 6.45) is 0.728. The number of hydrogen-bond acceptors (Lipinski definition) is 29. The number of carbonyl (C=O) groups is 1. The minimum Gasteiger partial charge on any atom is -0.537 e. The summed E-state index contributed by atoms with van der Waals surface area (Å²) in [5.41, 5.74) is 3.96.